The molecule has 0 spiro atoms. The van der Waals surface area contributed by atoms with Gasteiger partial charge in [-0.3, -0.25) is 4.79 Å². The van der Waals surface area contributed by atoms with E-state index < -0.39 is 0 Å². The molecule has 80 valence electrons. The molecule has 0 radical (unpaired) electrons. The Hall–Kier alpha value is -1.09. The molecule has 14 heavy (non-hydrogen) atoms. The van der Waals surface area contributed by atoms with E-state index >= 15 is 0 Å². The quantitative estimate of drug-likeness (QED) is 0.676. The van der Waals surface area contributed by atoms with Gasteiger partial charge in [-0.2, -0.15) is 0 Å². The van der Waals surface area contributed by atoms with E-state index in [2.05, 4.69) is 10.2 Å². The van der Waals surface area contributed by atoms with Gasteiger partial charge in [-0.25, -0.2) is 0 Å². The number of allylic oxidation sites excluding steroid dienone is 2. The summed E-state index contributed by atoms with van der Waals surface area (Å²) in [7, 11) is 4.01. The van der Waals surface area contributed by atoms with Crippen molar-refractivity contribution in [2.24, 2.45) is 0 Å². The van der Waals surface area contributed by atoms with Crippen LogP contribution in [0.1, 0.15) is 20.3 Å². The lowest BCUT2D eigenvalue weighted by molar-refractivity contribution is -0.118. The summed E-state index contributed by atoms with van der Waals surface area (Å²) in [5, 5.41) is 2.77. The Labute approximate surface area is 86.5 Å². The van der Waals surface area contributed by atoms with E-state index in [0.717, 1.165) is 18.7 Å². The number of nitrogens with zero attached hydrogens (tertiary/aromatic N) is 1. The van der Waals surface area contributed by atoms with Gasteiger partial charge in [0, 0.05) is 19.2 Å². The molecule has 0 atom stereocenters. The van der Waals surface area contributed by atoms with Gasteiger partial charge in [0.1, 0.15) is 0 Å². The van der Waals surface area contributed by atoms with Gasteiger partial charge in [0.2, 0.25) is 5.91 Å². The van der Waals surface area contributed by atoms with E-state index in [1.165, 1.54) is 6.92 Å². The Balaban J connectivity index is 4.16. The number of likely N-dealkylation sites (N-methyl/N-ethyl adjacent to an activating group) is 1. The van der Waals surface area contributed by atoms with Crippen LogP contribution in [0.5, 0.6) is 0 Å². The van der Waals surface area contributed by atoms with Crippen molar-refractivity contribution in [2.75, 3.05) is 20.6 Å². The van der Waals surface area contributed by atoms with E-state index in [-0.39, 0.29) is 5.91 Å². The minimum atomic E-state index is -0.0285. The maximum atomic E-state index is 10.8. The van der Waals surface area contributed by atoms with Crippen molar-refractivity contribution in [1.82, 2.24) is 10.2 Å². The Morgan fingerprint density at radius 1 is 1.43 bits per heavy atom. The van der Waals surface area contributed by atoms with Gasteiger partial charge in [0.05, 0.1) is 0 Å². The molecule has 0 aliphatic carbocycles. The van der Waals surface area contributed by atoms with E-state index in [4.69, 9.17) is 0 Å². The fraction of sp³-hybridized carbons (Fsp3) is 0.545. The van der Waals surface area contributed by atoms with Crippen molar-refractivity contribution in [2.45, 2.75) is 20.3 Å². The molecule has 1 N–H and O–H groups in total. The van der Waals surface area contributed by atoms with Gasteiger partial charge < -0.3 is 10.2 Å². The van der Waals surface area contributed by atoms with Crippen molar-refractivity contribution < 1.29 is 4.79 Å². The number of hydrogen-bond acceptors (Lipinski definition) is 2. The highest BCUT2D eigenvalue weighted by Gasteiger charge is 1.93. The van der Waals surface area contributed by atoms with Crippen LogP contribution in [0.3, 0.4) is 0 Å². The lowest BCUT2D eigenvalue weighted by atomic mass is 10.3. The molecule has 0 aromatic rings. The minimum Gasteiger partial charge on any atom is -0.327 e. The summed E-state index contributed by atoms with van der Waals surface area (Å²) in [6, 6.07) is 0. The predicted molar refractivity (Wildman–Crippen MR) is 59.9 cm³/mol. The summed E-state index contributed by atoms with van der Waals surface area (Å²) < 4.78 is 0. The second kappa shape index (κ2) is 7.33. The van der Waals surface area contributed by atoms with Crippen LogP contribution in [-0.4, -0.2) is 31.4 Å². The third-order valence-corrected chi connectivity index (χ3v) is 1.51. The molecule has 0 bridgehead atoms. The first-order valence-electron chi connectivity index (χ1n) is 4.85. The summed E-state index contributed by atoms with van der Waals surface area (Å²) in [5.74, 6) is -0.0285. The maximum Gasteiger partial charge on any atom is 0.221 e. The monoisotopic (exact) mass is 196 g/mol. The zero-order valence-electron chi connectivity index (χ0n) is 9.50. The number of rotatable bonds is 5. The van der Waals surface area contributed by atoms with Crippen molar-refractivity contribution in [1.29, 1.82) is 0 Å². The molecule has 0 saturated carbocycles. The van der Waals surface area contributed by atoms with Gasteiger partial charge in [-0.05, 0) is 26.6 Å². The third-order valence-electron chi connectivity index (χ3n) is 1.51. The predicted octanol–water partition coefficient (Wildman–Crippen LogP) is 1.53. The third kappa shape index (κ3) is 7.55. The van der Waals surface area contributed by atoms with Crippen LogP contribution in [0.2, 0.25) is 0 Å². The molecule has 0 heterocycles. The highest BCUT2D eigenvalue weighted by Crippen LogP contribution is 1.95. The van der Waals surface area contributed by atoms with Crippen LogP contribution < -0.4 is 5.32 Å². The fourth-order valence-corrected chi connectivity index (χ4v) is 0.974. The summed E-state index contributed by atoms with van der Waals surface area (Å²) >= 11 is 0. The molecule has 1 amide bonds. The molecule has 3 nitrogen and oxygen atoms in total. The molecule has 0 saturated heterocycles. The Kier molecular flexibility index (Phi) is 6.76. The SMILES string of the molecule is CC/C=C(\C=C/CN(C)C)NC(C)=O. The zero-order chi connectivity index (χ0) is 11.0. The molecule has 3 heteroatoms. The van der Waals surface area contributed by atoms with Gasteiger partial charge in [0.15, 0.2) is 0 Å². The normalized spacial score (nSPS) is 12.5. The standard InChI is InChI=1S/C11H20N2O/c1-5-7-11(12-10(2)14)8-6-9-13(3)4/h6-8H,5,9H2,1-4H3,(H,12,14)/b8-6-,11-7+. The Morgan fingerprint density at radius 2 is 2.07 bits per heavy atom. The van der Waals surface area contributed by atoms with Crippen molar-refractivity contribution in [3.05, 3.63) is 23.9 Å². The maximum absolute atomic E-state index is 10.8. The molecule has 0 aliphatic rings. The molecule has 0 aromatic carbocycles. The molecular weight excluding hydrogens is 176 g/mol. The Bertz CT molecular complexity index is 229. The molecular formula is C11H20N2O. The molecule has 0 aromatic heterocycles. The lowest BCUT2D eigenvalue weighted by Crippen LogP contribution is -2.18. The van der Waals surface area contributed by atoms with Crippen molar-refractivity contribution >= 4 is 5.91 Å². The van der Waals surface area contributed by atoms with Gasteiger partial charge in [-0.1, -0.05) is 19.1 Å². The van der Waals surface area contributed by atoms with Crippen LogP contribution in [0.25, 0.3) is 0 Å². The van der Waals surface area contributed by atoms with Gasteiger partial charge >= 0.3 is 0 Å². The molecule has 0 unspecified atom stereocenters. The molecule has 0 fully saturated rings. The van der Waals surface area contributed by atoms with Crippen LogP contribution in [-0.2, 0) is 4.79 Å². The lowest BCUT2D eigenvalue weighted by Gasteiger charge is -2.05. The van der Waals surface area contributed by atoms with E-state index in [0.29, 0.717) is 0 Å². The molecule has 0 rings (SSSR count). The zero-order valence-corrected chi connectivity index (χ0v) is 9.50. The Morgan fingerprint density at radius 3 is 2.50 bits per heavy atom. The van der Waals surface area contributed by atoms with E-state index in [9.17, 15) is 4.79 Å². The minimum absolute atomic E-state index is 0.0285. The van der Waals surface area contributed by atoms with Crippen molar-refractivity contribution in [3.8, 4) is 0 Å². The van der Waals surface area contributed by atoms with Crippen molar-refractivity contribution in [3.63, 3.8) is 0 Å². The van der Waals surface area contributed by atoms with E-state index in [1.807, 2.05) is 39.2 Å². The first-order valence-corrected chi connectivity index (χ1v) is 4.85. The average molecular weight is 196 g/mol. The summed E-state index contributed by atoms with van der Waals surface area (Å²) in [4.78, 5) is 12.9. The highest BCUT2D eigenvalue weighted by molar-refractivity contribution is 5.75. The smallest absolute Gasteiger partial charge is 0.221 e. The number of carbonyl (C=O) groups is 1. The highest BCUT2D eigenvalue weighted by atomic mass is 16.1. The number of amides is 1. The summed E-state index contributed by atoms with van der Waals surface area (Å²) in [6.45, 7) is 4.44. The first-order chi connectivity index (χ1) is 6.56. The fourth-order valence-electron chi connectivity index (χ4n) is 0.974. The number of carbonyl (C=O) groups excluding carboxylic acids is 1. The van der Waals surface area contributed by atoms with Crippen LogP contribution in [0.4, 0.5) is 0 Å². The number of hydrogen-bond donors (Lipinski definition) is 1. The van der Waals surface area contributed by atoms with Gasteiger partial charge in [0.25, 0.3) is 0 Å². The second-order valence-corrected chi connectivity index (χ2v) is 3.41. The second-order valence-electron chi connectivity index (χ2n) is 3.41. The topological polar surface area (TPSA) is 32.3 Å². The number of nitrogens with one attached hydrogen (secondary N) is 1. The van der Waals surface area contributed by atoms with Gasteiger partial charge in [-0.15, -0.1) is 0 Å². The summed E-state index contributed by atoms with van der Waals surface area (Å²) in [6.07, 6.45) is 6.87. The summed E-state index contributed by atoms with van der Waals surface area (Å²) in [5.41, 5.74) is 0.877. The van der Waals surface area contributed by atoms with Crippen LogP contribution in [0.15, 0.2) is 23.9 Å². The first kappa shape index (κ1) is 12.9. The van der Waals surface area contributed by atoms with Crippen LogP contribution in [0, 0.1) is 0 Å². The largest absolute Gasteiger partial charge is 0.327 e. The average Bonchev–Trinajstić information content (AvgIpc) is 2.02. The molecule has 0 aliphatic heterocycles. The van der Waals surface area contributed by atoms with E-state index in [1.54, 1.807) is 0 Å². The van der Waals surface area contributed by atoms with Crippen LogP contribution >= 0.6 is 0 Å².